The molecule has 0 spiro atoms. The van der Waals surface area contributed by atoms with Gasteiger partial charge in [-0.25, -0.2) is 23.2 Å². The lowest BCUT2D eigenvalue weighted by Gasteiger charge is -2.35. The molecule has 2 aliphatic heterocycles. The van der Waals surface area contributed by atoms with Crippen molar-refractivity contribution in [2.75, 3.05) is 0 Å². The largest absolute Gasteiger partial charge is 0.549 e. The van der Waals surface area contributed by atoms with Crippen LogP contribution < -0.4 is 0 Å². The van der Waals surface area contributed by atoms with Gasteiger partial charge >= 0.3 is 21.1 Å². The van der Waals surface area contributed by atoms with Crippen molar-refractivity contribution in [1.82, 2.24) is 20.0 Å². The second-order valence-electron chi connectivity index (χ2n) is 13.9. The van der Waals surface area contributed by atoms with Crippen LogP contribution in [0.5, 0.6) is 0 Å². The van der Waals surface area contributed by atoms with E-state index in [4.69, 9.17) is 33.1 Å². The summed E-state index contributed by atoms with van der Waals surface area (Å²) in [6.45, 7) is -1.41. The van der Waals surface area contributed by atoms with Gasteiger partial charge in [0.05, 0.1) is 22.0 Å². The van der Waals surface area contributed by atoms with Crippen molar-refractivity contribution < 1.29 is 41.4 Å². The molecule has 2 aromatic carbocycles. The highest BCUT2D eigenvalue weighted by Crippen LogP contribution is 2.43. The van der Waals surface area contributed by atoms with Crippen LogP contribution in [0.15, 0.2) is 75.2 Å². The summed E-state index contributed by atoms with van der Waals surface area (Å²) in [5, 5.41) is 0.500. The summed E-state index contributed by atoms with van der Waals surface area (Å²) >= 11 is 0. The summed E-state index contributed by atoms with van der Waals surface area (Å²) in [7, 11) is -4.68. The van der Waals surface area contributed by atoms with Gasteiger partial charge in [-0.1, -0.05) is 60.8 Å². The van der Waals surface area contributed by atoms with Crippen molar-refractivity contribution in [3.63, 3.8) is 0 Å². The van der Waals surface area contributed by atoms with Gasteiger partial charge < -0.3 is 23.5 Å². The van der Waals surface area contributed by atoms with E-state index in [0.717, 1.165) is 55.4 Å². The van der Waals surface area contributed by atoms with Gasteiger partial charge in [0, 0.05) is 39.4 Å². The summed E-state index contributed by atoms with van der Waals surface area (Å²) in [6, 6.07) is 14.1. The highest BCUT2D eigenvalue weighted by molar-refractivity contribution is 7.92. The number of amides is 1. The number of ether oxygens (including phenoxy) is 1. The van der Waals surface area contributed by atoms with Crippen molar-refractivity contribution in [3.05, 3.63) is 72.1 Å². The Bertz CT molecular complexity index is 2310. The minimum absolute atomic E-state index is 0.0966. The van der Waals surface area contributed by atoms with Crippen molar-refractivity contribution in [3.8, 4) is 34.0 Å². The van der Waals surface area contributed by atoms with Crippen LogP contribution in [-0.4, -0.2) is 72.2 Å². The first-order valence-electron chi connectivity index (χ1n) is 20.3. The van der Waals surface area contributed by atoms with Crippen molar-refractivity contribution >= 4 is 36.7 Å². The van der Waals surface area contributed by atoms with Gasteiger partial charge in [-0.05, 0) is 65.0 Å². The van der Waals surface area contributed by atoms with Crippen molar-refractivity contribution in [2.24, 2.45) is 4.99 Å². The molecule has 1 aliphatic carbocycles. The predicted molar refractivity (Wildman–Crippen MR) is 195 cm³/mol. The molecule has 264 valence electrons. The monoisotopic (exact) mass is 716 g/mol. The maximum atomic E-state index is 13.4. The third-order valence-electron chi connectivity index (χ3n) is 8.86. The van der Waals surface area contributed by atoms with Gasteiger partial charge in [0.25, 0.3) is 0 Å². The molecular weight excluding hydrogens is 668 g/mol. The zero-order chi connectivity index (χ0) is 41.9. The van der Waals surface area contributed by atoms with Crippen molar-refractivity contribution in [2.45, 2.75) is 101 Å². The summed E-state index contributed by atoms with van der Waals surface area (Å²) in [5.74, 6) is 0.704. The first-order chi connectivity index (χ1) is 27.1. The highest BCUT2D eigenvalue weighted by Gasteiger charge is 2.54. The lowest BCUT2D eigenvalue weighted by molar-refractivity contribution is 0.00988. The third-order valence-corrected chi connectivity index (χ3v) is 10.3. The molecule has 0 N–H and O–H groups in total. The lowest BCUT2D eigenvalue weighted by Crippen LogP contribution is -2.43. The summed E-state index contributed by atoms with van der Waals surface area (Å²) in [5.41, 5.74) is 1.45. The predicted octanol–water partition coefficient (Wildman–Crippen LogP) is 5.95. The molecule has 7 rings (SSSR count). The number of carbonyl (C=O) groups excluding carboxylic acids is 1. The van der Waals surface area contributed by atoms with E-state index < -0.39 is 44.9 Å². The topological polar surface area (TPSA) is 153 Å². The average molecular weight is 716 g/mol. The van der Waals surface area contributed by atoms with Gasteiger partial charge in [0.15, 0.2) is 27.0 Å². The first kappa shape index (κ1) is 27.2. The number of aliphatic imine (C=N–C) groups is 1. The van der Waals surface area contributed by atoms with Crippen LogP contribution in [0.25, 0.3) is 34.0 Å². The maximum Gasteiger partial charge on any atom is 0.434 e. The number of aromatic nitrogens is 3. The summed E-state index contributed by atoms with van der Waals surface area (Å²) in [4.78, 5) is 28.5. The third kappa shape index (κ3) is 7.74. The van der Waals surface area contributed by atoms with Gasteiger partial charge in [0.2, 0.25) is 0 Å². The standard InChI is InChI=1S/C36H41B2N5O7S/c1-22(2)51(45,46)27-17-15-25(16-18-27)29-20-39-32(36(38-50-36)41-33-37-48-33)31(40-29)30-19-28(42-49-30)24-13-11-23(12-14-24)21-43(26-9-7-6-8-10-26)34(44)47-35(3,4)5/h11-20,22,26,37-38H,6-10,21H2,1-5H3/b41-33+/i1D3,2D3,22D. The fourth-order valence-corrected chi connectivity index (χ4v) is 6.82. The Kier molecular flexibility index (Phi) is 7.24. The van der Waals surface area contributed by atoms with Crippen LogP contribution in [-0.2, 0) is 36.1 Å². The molecule has 51 heavy (non-hydrogen) atoms. The molecule has 2 aromatic heterocycles. The van der Waals surface area contributed by atoms with E-state index >= 15 is 0 Å². The van der Waals surface area contributed by atoms with E-state index in [1.807, 2.05) is 49.9 Å². The Morgan fingerprint density at radius 1 is 1.10 bits per heavy atom. The summed E-state index contributed by atoms with van der Waals surface area (Å²) < 4.78 is 103. The average Bonchev–Trinajstić information content (AvgIpc) is 4.10. The SMILES string of the molecule is [2H]C([2H])([2H])C([2H])(C([2H])([2H])[2H])S(=O)(=O)c1ccc(-c2cnc(C3(/N=C4\BO4)BO3)c(-c3cc(-c4ccc(CN(C(=O)OC(C)(C)C)C5CCCCC5)cc4)no3)n2)cc1. The molecule has 1 atom stereocenters. The van der Waals surface area contributed by atoms with E-state index in [1.165, 1.54) is 18.3 Å². The normalized spacial score (nSPS) is 22.3. The number of rotatable bonds is 10. The van der Waals surface area contributed by atoms with Crippen molar-refractivity contribution in [1.29, 1.82) is 0 Å². The van der Waals surface area contributed by atoms with Gasteiger partial charge in [0.1, 0.15) is 22.7 Å². The first-order valence-corrected chi connectivity index (χ1v) is 18.2. The number of nitrogens with zero attached hydrogens (tertiary/aromatic N) is 5. The van der Waals surface area contributed by atoms with Gasteiger partial charge in [-0.3, -0.25) is 4.98 Å². The Morgan fingerprint density at radius 2 is 1.76 bits per heavy atom. The summed E-state index contributed by atoms with van der Waals surface area (Å²) in [6.07, 6.45) is 6.22. The molecule has 3 aliphatic rings. The second kappa shape index (κ2) is 13.6. The number of carbonyl (C=O) groups is 1. The molecule has 15 heteroatoms. The lowest BCUT2D eigenvalue weighted by atomic mass is 9.91. The van der Waals surface area contributed by atoms with Crippen LogP contribution >= 0.6 is 0 Å². The zero-order valence-corrected chi connectivity index (χ0v) is 29.3. The fourth-order valence-electron chi connectivity index (χ4n) is 6.09. The Labute approximate surface area is 309 Å². The molecule has 1 unspecified atom stereocenters. The molecule has 4 heterocycles. The van der Waals surface area contributed by atoms with E-state index in [0.29, 0.717) is 36.8 Å². The second-order valence-corrected chi connectivity index (χ2v) is 15.7. The van der Waals surface area contributed by atoms with E-state index in [-0.39, 0.29) is 36.8 Å². The van der Waals surface area contributed by atoms with Gasteiger partial charge in [-0.2, -0.15) is 0 Å². The highest BCUT2D eigenvalue weighted by atomic mass is 32.2. The molecule has 1 saturated carbocycles. The van der Waals surface area contributed by atoms with E-state index in [2.05, 4.69) is 15.1 Å². The number of sulfone groups is 1. The molecule has 0 bridgehead atoms. The molecule has 12 nitrogen and oxygen atoms in total. The maximum absolute atomic E-state index is 13.4. The molecule has 1 amide bonds. The number of benzene rings is 2. The van der Waals surface area contributed by atoms with Gasteiger partial charge in [-0.15, -0.1) is 0 Å². The van der Waals surface area contributed by atoms with Crippen LogP contribution in [0, 0.1) is 0 Å². The molecule has 4 aromatic rings. The smallest absolute Gasteiger partial charge is 0.434 e. The Balaban J connectivity index is 1.18. The number of hydrogen-bond donors (Lipinski definition) is 0. The number of hydrogen-bond acceptors (Lipinski definition) is 11. The molecule has 0 radical (unpaired) electrons. The Hall–Kier alpha value is -4.49. The minimum atomic E-state index is -5.22. The molecular formula is C36H41B2N5O7S. The fraction of sp³-hybridized carbons (Fsp3) is 0.417. The van der Waals surface area contributed by atoms with E-state index in [9.17, 15) is 13.2 Å². The Morgan fingerprint density at radius 3 is 2.39 bits per heavy atom. The van der Waals surface area contributed by atoms with Crippen LogP contribution in [0.4, 0.5) is 4.79 Å². The molecule has 3 fully saturated rings. The van der Waals surface area contributed by atoms with Crippen LogP contribution in [0.3, 0.4) is 0 Å². The van der Waals surface area contributed by atoms with Crippen LogP contribution in [0.2, 0.25) is 0 Å². The zero-order valence-electron chi connectivity index (χ0n) is 35.5. The molecule has 2 saturated heterocycles. The quantitative estimate of drug-likeness (QED) is 0.142. The minimum Gasteiger partial charge on any atom is -0.549 e. The van der Waals surface area contributed by atoms with E-state index in [1.54, 1.807) is 6.07 Å². The van der Waals surface area contributed by atoms with Crippen LogP contribution in [0.1, 0.15) is 87.4 Å².